The summed E-state index contributed by atoms with van der Waals surface area (Å²) in [5.74, 6) is 2.70. The molecule has 8 atom stereocenters. The monoisotopic (exact) mass is 526 g/mol. The Labute approximate surface area is 213 Å². The molecule has 1 N–H and O–H groups in total. The Balaban J connectivity index is 1.41. The molecule has 1 aromatic rings. The number of hydrogen-bond donors (Lipinski definition) is 1. The number of amides is 2. The van der Waals surface area contributed by atoms with Crippen molar-refractivity contribution in [3.63, 3.8) is 0 Å². The first-order chi connectivity index (χ1) is 16.3. The topological polar surface area (TPSA) is 49.4 Å². The standard InChI is InChI=1S/C29H39BrN2O2/c1-19(17-30)18-32(20-7-5-4-6-8-20)27(34)24-11-10-22-21-9-12-25-29(3,16-14-26(33)31-25)23(21)13-15-28(22,24)2/h4-8,14,16,19,21-25H,9-13,15,17-18H2,1-3H3,(H,31,33)/t19?,21-,22-,23+,24?,25?,28-,29+/m0/s1. The van der Waals surface area contributed by atoms with E-state index in [0.717, 1.165) is 49.7 Å². The van der Waals surface area contributed by atoms with Gasteiger partial charge in [-0.2, -0.15) is 0 Å². The summed E-state index contributed by atoms with van der Waals surface area (Å²) >= 11 is 3.62. The molecule has 0 radical (unpaired) electrons. The number of anilines is 1. The molecular weight excluding hydrogens is 488 g/mol. The molecule has 0 spiro atoms. The number of rotatable bonds is 5. The summed E-state index contributed by atoms with van der Waals surface area (Å²) in [6.45, 7) is 7.75. The minimum absolute atomic E-state index is 0.0433. The number of nitrogens with zero attached hydrogens (tertiary/aromatic N) is 1. The van der Waals surface area contributed by atoms with Crippen molar-refractivity contribution in [2.24, 2.45) is 40.4 Å². The average Bonchev–Trinajstić information content (AvgIpc) is 3.20. The van der Waals surface area contributed by atoms with E-state index in [1.807, 2.05) is 18.2 Å². The Morgan fingerprint density at radius 3 is 2.62 bits per heavy atom. The number of fused-ring (bicyclic) bond motifs is 5. The fourth-order valence-electron chi connectivity index (χ4n) is 8.22. The van der Waals surface area contributed by atoms with Gasteiger partial charge in [0.25, 0.3) is 0 Å². The Morgan fingerprint density at radius 1 is 1.12 bits per heavy atom. The van der Waals surface area contributed by atoms with Gasteiger partial charge >= 0.3 is 0 Å². The number of carbonyl (C=O) groups is 2. The number of benzene rings is 1. The molecule has 3 unspecified atom stereocenters. The molecule has 2 amide bonds. The van der Waals surface area contributed by atoms with Crippen molar-refractivity contribution in [2.45, 2.75) is 65.3 Å². The molecule has 1 aromatic carbocycles. The maximum Gasteiger partial charge on any atom is 0.243 e. The van der Waals surface area contributed by atoms with Gasteiger partial charge < -0.3 is 10.2 Å². The summed E-state index contributed by atoms with van der Waals surface area (Å²) in [4.78, 5) is 28.3. The number of alkyl halides is 1. The van der Waals surface area contributed by atoms with E-state index in [1.165, 1.54) is 6.42 Å². The molecule has 34 heavy (non-hydrogen) atoms. The van der Waals surface area contributed by atoms with E-state index in [0.29, 0.717) is 29.6 Å². The second kappa shape index (κ2) is 9.11. The fraction of sp³-hybridized carbons (Fsp3) is 0.655. The predicted molar refractivity (Wildman–Crippen MR) is 141 cm³/mol. The van der Waals surface area contributed by atoms with E-state index in [4.69, 9.17) is 0 Å². The zero-order valence-corrected chi connectivity index (χ0v) is 22.4. The number of halogens is 1. The van der Waals surface area contributed by atoms with Crippen molar-refractivity contribution in [3.8, 4) is 0 Å². The molecule has 0 bridgehead atoms. The average molecular weight is 528 g/mol. The van der Waals surface area contributed by atoms with Gasteiger partial charge in [-0.3, -0.25) is 9.59 Å². The van der Waals surface area contributed by atoms with Crippen LogP contribution in [0.3, 0.4) is 0 Å². The first kappa shape index (κ1) is 24.1. The minimum Gasteiger partial charge on any atom is -0.349 e. The fourth-order valence-corrected chi connectivity index (χ4v) is 8.42. The van der Waals surface area contributed by atoms with Crippen LogP contribution < -0.4 is 10.2 Å². The van der Waals surface area contributed by atoms with Crippen molar-refractivity contribution in [1.82, 2.24) is 5.32 Å². The molecule has 1 heterocycles. The SMILES string of the molecule is CC(CBr)CN(C(=O)C1CC[C@H]2[C@@H]3CCC4NC(=O)C=C[C@]4(C)[C@@H]3CC[C@]12C)c1ccccc1. The van der Waals surface area contributed by atoms with Crippen molar-refractivity contribution < 1.29 is 9.59 Å². The highest BCUT2D eigenvalue weighted by molar-refractivity contribution is 9.09. The van der Waals surface area contributed by atoms with Gasteiger partial charge in [0.15, 0.2) is 0 Å². The maximum absolute atomic E-state index is 14.2. The molecule has 1 aliphatic heterocycles. The smallest absolute Gasteiger partial charge is 0.243 e. The van der Waals surface area contributed by atoms with E-state index >= 15 is 0 Å². The van der Waals surface area contributed by atoms with Crippen LogP contribution in [0.25, 0.3) is 0 Å². The lowest BCUT2D eigenvalue weighted by atomic mass is 9.48. The van der Waals surface area contributed by atoms with Crippen LogP contribution in [0.15, 0.2) is 42.5 Å². The Bertz CT molecular complexity index is 964. The van der Waals surface area contributed by atoms with Crippen molar-refractivity contribution in [2.75, 3.05) is 16.8 Å². The zero-order valence-electron chi connectivity index (χ0n) is 20.8. The van der Waals surface area contributed by atoms with Gasteiger partial charge in [0.1, 0.15) is 0 Å². The van der Waals surface area contributed by atoms with Crippen LogP contribution in [-0.2, 0) is 9.59 Å². The number of nitrogens with one attached hydrogen (secondary N) is 1. The van der Waals surface area contributed by atoms with E-state index < -0.39 is 0 Å². The van der Waals surface area contributed by atoms with Gasteiger partial charge in [0, 0.05) is 34.9 Å². The highest BCUT2D eigenvalue weighted by atomic mass is 79.9. The van der Waals surface area contributed by atoms with E-state index in [-0.39, 0.29) is 28.7 Å². The number of hydrogen-bond acceptors (Lipinski definition) is 2. The van der Waals surface area contributed by atoms with Crippen molar-refractivity contribution in [3.05, 3.63) is 42.5 Å². The molecule has 5 rings (SSSR count). The van der Waals surface area contributed by atoms with Crippen LogP contribution in [-0.4, -0.2) is 29.7 Å². The summed E-state index contributed by atoms with van der Waals surface area (Å²) in [6.07, 6.45) is 10.6. The number of para-hydroxylation sites is 1. The summed E-state index contributed by atoms with van der Waals surface area (Å²) < 4.78 is 0. The summed E-state index contributed by atoms with van der Waals surface area (Å²) in [5, 5.41) is 4.15. The summed E-state index contributed by atoms with van der Waals surface area (Å²) in [6, 6.07) is 10.5. The van der Waals surface area contributed by atoms with Crippen LogP contribution >= 0.6 is 15.9 Å². The lowest BCUT2D eigenvalue weighted by Gasteiger charge is -2.58. The second-order valence-corrected chi connectivity index (χ2v) is 12.6. The van der Waals surface area contributed by atoms with Crippen LogP contribution in [0.4, 0.5) is 5.69 Å². The molecule has 4 aliphatic rings. The third-order valence-electron chi connectivity index (χ3n) is 10.1. The third-order valence-corrected chi connectivity index (χ3v) is 11.2. The Kier molecular flexibility index (Phi) is 6.46. The van der Waals surface area contributed by atoms with Gasteiger partial charge in [-0.05, 0) is 85.8 Å². The first-order valence-electron chi connectivity index (χ1n) is 13.2. The van der Waals surface area contributed by atoms with Crippen LogP contribution in [0.2, 0.25) is 0 Å². The van der Waals surface area contributed by atoms with E-state index in [2.05, 4.69) is 65.1 Å². The van der Waals surface area contributed by atoms with Gasteiger partial charge in [-0.25, -0.2) is 0 Å². The lowest BCUT2D eigenvalue weighted by Crippen LogP contribution is -2.59. The first-order valence-corrected chi connectivity index (χ1v) is 14.3. The van der Waals surface area contributed by atoms with E-state index in [9.17, 15) is 9.59 Å². The lowest BCUT2D eigenvalue weighted by molar-refractivity contribution is -0.132. The second-order valence-electron chi connectivity index (χ2n) is 11.9. The molecule has 4 nitrogen and oxygen atoms in total. The number of carbonyl (C=O) groups excluding carboxylic acids is 2. The molecule has 3 saturated carbocycles. The molecule has 0 saturated heterocycles. The summed E-state index contributed by atoms with van der Waals surface area (Å²) in [7, 11) is 0. The zero-order chi connectivity index (χ0) is 24.1. The summed E-state index contributed by atoms with van der Waals surface area (Å²) in [5.41, 5.74) is 1.13. The van der Waals surface area contributed by atoms with Crippen molar-refractivity contribution >= 4 is 33.4 Å². The van der Waals surface area contributed by atoms with Crippen molar-refractivity contribution in [1.29, 1.82) is 0 Å². The molecule has 3 fully saturated rings. The molecule has 0 aromatic heterocycles. The normalized spacial score (nSPS) is 39.4. The molecular formula is C29H39BrN2O2. The van der Waals surface area contributed by atoms with Gasteiger partial charge in [0.05, 0.1) is 0 Å². The van der Waals surface area contributed by atoms with Crippen LogP contribution in [0.1, 0.15) is 59.3 Å². The van der Waals surface area contributed by atoms with E-state index in [1.54, 1.807) is 6.08 Å². The predicted octanol–water partition coefficient (Wildman–Crippen LogP) is 5.96. The quantitative estimate of drug-likeness (QED) is 0.480. The van der Waals surface area contributed by atoms with Crippen LogP contribution in [0, 0.1) is 40.4 Å². The van der Waals surface area contributed by atoms with Crippen LogP contribution in [0.5, 0.6) is 0 Å². The van der Waals surface area contributed by atoms with Gasteiger partial charge in [-0.15, -0.1) is 0 Å². The Hall–Kier alpha value is -1.62. The maximum atomic E-state index is 14.2. The van der Waals surface area contributed by atoms with Gasteiger partial charge in [-0.1, -0.05) is 61.0 Å². The molecule has 5 heteroatoms. The molecule has 3 aliphatic carbocycles. The minimum atomic E-state index is 0.0433. The Morgan fingerprint density at radius 2 is 1.88 bits per heavy atom. The highest BCUT2D eigenvalue weighted by Crippen LogP contribution is 2.65. The molecule has 184 valence electrons. The largest absolute Gasteiger partial charge is 0.349 e. The highest BCUT2D eigenvalue weighted by Gasteiger charge is 2.61. The third kappa shape index (κ3) is 3.86. The van der Waals surface area contributed by atoms with Gasteiger partial charge in [0.2, 0.25) is 11.8 Å².